The maximum Gasteiger partial charge on any atom is 0.306 e. The number of primary amides is 1. The molecule has 1 amide bonds. The molecule has 1 saturated carbocycles. The number of amides is 1. The highest BCUT2D eigenvalue weighted by Crippen LogP contribution is 2.30. The zero-order valence-electron chi connectivity index (χ0n) is 17.9. The lowest BCUT2D eigenvalue weighted by Gasteiger charge is -2.16. The Morgan fingerprint density at radius 3 is 2.50 bits per heavy atom. The third-order valence-electron chi connectivity index (χ3n) is 5.00. The molecule has 1 aliphatic rings. The van der Waals surface area contributed by atoms with Crippen molar-refractivity contribution < 1.29 is 28.6 Å². The predicted octanol–water partition coefficient (Wildman–Crippen LogP) is 5.22. The summed E-state index contributed by atoms with van der Waals surface area (Å²) in [5, 5.41) is 8.58. The molecular weight excluding hydrogens is 437 g/mol. The largest absolute Gasteiger partial charge is 0.493 e. The Bertz CT molecular complexity index is 957. The number of aliphatic carboxylic acids is 1. The first-order valence-electron chi connectivity index (χ1n) is 10.3. The molecule has 0 radical (unpaired) electrons. The molecule has 8 heteroatoms. The van der Waals surface area contributed by atoms with Gasteiger partial charge in [-0.2, -0.15) is 0 Å². The van der Waals surface area contributed by atoms with Crippen molar-refractivity contribution in [2.24, 2.45) is 11.7 Å². The molecular formula is C24H27ClFNO5. The molecule has 0 saturated heterocycles. The van der Waals surface area contributed by atoms with Crippen LogP contribution >= 0.6 is 11.6 Å². The van der Waals surface area contributed by atoms with Crippen molar-refractivity contribution >= 4 is 29.6 Å². The first-order chi connectivity index (χ1) is 15.3. The van der Waals surface area contributed by atoms with Gasteiger partial charge in [0.15, 0.2) is 11.5 Å². The van der Waals surface area contributed by atoms with Crippen molar-refractivity contribution in [1.82, 2.24) is 0 Å². The molecule has 3 rings (SSSR count). The van der Waals surface area contributed by atoms with E-state index in [1.165, 1.54) is 25.7 Å². The molecule has 1 aliphatic carbocycles. The Hall–Kier alpha value is -3.06. The maximum absolute atomic E-state index is 13.8. The van der Waals surface area contributed by atoms with Crippen molar-refractivity contribution in [3.63, 3.8) is 0 Å². The Labute approximate surface area is 191 Å². The van der Waals surface area contributed by atoms with Crippen LogP contribution in [-0.4, -0.2) is 24.1 Å². The van der Waals surface area contributed by atoms with Crippen molar-refractivity contribution in [3.05, 3.63) is 64.4 Å². The molecule has 172 valence electrons. The highest BCUT2D eigenvalue weighted by atomic mass is 35.5. The molecule has 0 heterocycles. The van der Waals surface area contributed by atoms with Gasteiger partial charge >= 0.3 is 5.97 Å². The molecule has 6 nitrogen and oxygen atoms in total. The van der Waals surface area contributed by atoms with Crippen LogP contribution in [0, 0.1) is 11.7 Å². The van der Waals surface area contributed by atoms with Crippen molar-refractivity contribution in [3.8, 4) is 11.5 Å². The summed E-state index contributed by atoms with van der Waals surface area (Å²) in [7, 11) is 1.49. The lowest BCUT2D eigenvalue weighted by molar-refractivity contribution is -0.142. The number of carbonyl (C=O) groups is 2. The summed E-state index contributed by atoms with van der Waals surface area (Å²) in [5.41, 5.74) is 6.12. The van der Waals surface area contributed by atoms with E-state index in [1.807, 2.05) is 0 Å². The highest BCUT2D eigenvalue weighted by Gasteiger charge is 2.19. The van der Waals surface area contributed by atoms with Crippen LogP contribution in [0.2, 0.25) is 5.02 Å². The van der Waals surface area contributed by atoms with E-state index in [2.05, 4.69) is 0 Å². The van der Waals surface area contributed by atoms with Crippen LogP contribution in [0.1, 0.15) is 43.2 Å². The number of carboxylic acids is 1. The van der Waals surface area contributed by atoms with Crippen LogP contribution in [0.5, 0.6) is 11.5 Å². The molecule has 0 unspecified atom stereocenters. The number of hydrogen-bond donors (Lipinski definition) is 2. The second-order valence-electron chi connectivity index (χ2n) is 7.32. The fourth-order valence-corrected chi connectivity index (χ4v) is 3.44. The van der Waals surface area contributed by atoms with Crippen LogP contribution in [0.25, 0.3) is 6.08 Å². The molecule has 0 spiro atoms. The van der Waals surface area contributed by atoms with Gasteiger partial charge in [0.25, 0.3) is 0 Å². The van der Waals surface area contributed by atoms with E-state index in [9.17, 15) is 14.0 Å². The number of carboxylic acid groups (broad SMARTS) is 1. The van der Waals surface area contributed by atoms with E-state index in [0.717, 1.165) is 31.2 Å². The molecule has 32 heavy (non-hydrogen) atoms. The summed E-state index contributed by atoms with van der Waals surface area (Å²) < 4.78 is 24.7. The second kappa shape index (κ2) is 12.7. The molecule has 0 atom stereocenters. The van der Waals surface area contributed by atoms with Gasteiger partial charge in [0, 0.05) is 11.6 Å². The summed E-state index contributed by atoms with van der Waals surface area (Å²) in [5.74, 6) is -0.773. The second-order valence-corrected chi connectivity index (χ2v) is 7.73. The molecule has 2 aromatic rings. The zero-order valence-corrected chi connectivity index (χ0v) is 18.6. The average Bonchev–Trinajstić information content (AvgIpc) is 2.80. The lowest BCUT2D eigenvalue weighted by atomic mass is 9.90. The van der Waals surface area contributed by atoms with Gasteiger partial charge in [0.05, 0.1) is 18.1 Å². The average molecular weight is 464 g/mol. The van der Waals surface area contributed by atoms with Gasteiger partial charge in [-0.15, -0.1) is 0 Å². The van der Waals surface area contributed by atoms with Gasteiger partial charge in [0.1, 0.15) is 12.4 Å². The molecule has 1 fully saturated rings. The normalized spacial score (nSPS) is 13.8. The number of methoxy groups -OCH3 is 1. The summed E-state index contributed by atoms with van der Waals surface area (Å²) >= 11 is 5.73. The monoisotopic (exact) mass is 463 g/mol. The number of hydrogen-bond acceptors (Lipinski definition) is 4. The van der Waals surface area contributed by atoms with E-state index in [1.54, 1.807) is 36.4 Å². The topological polar surface area (TPSA) is 98.9 Å². The minimum Gasteiger partial charge on any atom is -0.493 e. The summed E-state index contributed by atoms with van der Waals surface area (Å²) in [6, 6.07) is 9.80. The van der Waals surface area contributed by atoms with Crippen LogP contribution in [0.4, 0.5) is 4.39 Å². The first-order valence-corrected chi connectivity index (χ1v) is 10.6. The first kappa shape index (κ1) is 25.2. The van der Waals surface area contributed by atoms with E-state index >= 15 is 0 Å². The Morgan fingerprint density at radius 2 is 1.91 bits per heavy atom. The van der Waals surface area contributed by atoms with E-state index in [0.29, 0.717) is 17.1 Å². The lowest BCUT2D eigenvalue weighted by Crippen LogP contribution is -2.16. The third kappa shape index (κ3) is 7.89. The number of benzene rings is 2. The quantitative estimate of drug-likeness (QED) is 0.548. The fourth-order valence-electron chi connectivity index (χ4n) is 3.25. The molecule has 0 aromatic heterocycles. The minimum atomic E-state index is -0.602. The highest BCUT2D eigenvalue weighted by molar-refractivity contribution is 6.30. The summed E-state index contributed by atoms with van der Waals surface area (Å²) in [4.78, 5) is 21.1. The SMILES string of the molecule is COc1cc(/C=C/C(N)=O)ccc1OCc1cccc(Cl)c1F.O=C(O)C1CCCCC1. The van der Waals surface area contributed by atoms with Crippen molar-refractivity contribution in [1.29, 1.82) is 0 Å². The van der Waals surface area contributed by atoms with Gasteiger partial charge in [-0.05, 0) is 42.7 Å². The van der Waals surface area contributed by atoms with E-state index in [-0.39, 0.29) is 17.5 Å². The van der Waals surface area contributed by atoms with E-state index in [4.69, 9.17) is 31.9 Å². The maximum atomic E-state index is 13.8. The fraction of sp³-hybridized carbons (Fsp3) is 0.333. The van der Waals surface area contributed by atoms with Gasteiger partial charge in [-0.25, -0.2) is 4.39 Å². The van der Waals surface area contributed by atoms with Gasteiger partial charge in [0.2, 0.25) is 5.91 Å². The number of ether oxygens (including phenoxy) is 2. The number of carbonyl (C=O) groups excluding carboxylic acids is 1. The van der Waals surface area contributed by atoms with Crippen molar-refractivity contribution in [2.45, 2.75) is 38.7 Å². The van der Waals surface area contributed by atoms with Crippen molar-refractivity contribution in [2.75, 3.05) is 7.11 Å². The Kier molecular flexibility index (Phi) is 10.0. The summed E-state index contributed by atoms with van der Waals surface area (Å²) in [6.07, 6.45) is 8.05. The van der Waals surface area contributed by atoms with Crippen LogP contribution in [0.3, 0.4) is 0 Å². The Morgan fingerprint density at radius 1 is 1.19 bits per heavy atom. The Balaban J connectivity index is 0.000000336. The van der Waals surface area contributed by atoms with Crippen LogP contribution < -0.4 is 15.2 Å². The van der Waals surface area contributed by atoms with Crippen LogP contribution in [-0.2, 0) is 16.2 Å². The predicted molar refractivity (Wildman–Crippen MR) is 121 cm³/mol. The van der Waals surface area contributed by atoms with Gasteiger partial charge < -0.3 is 20.3 Å². The smallest absolute Gasteiger partial charge is 0.306 e. The molecule has 2 aromatic carbocycles. The number of rotatable bonds is 7. The van der Waals surface area contributed by atoms with Gasteiger partial charge in [-0.1, -0.05) is 49.1 Å². The molecule has 0 bridgehead atoms. The number of nitrogens with two attached hydrogens (primary N) is 1. The minimum absolute atomic E-state index is 0.0131. The zero-order chi connectivity index (χ0) is 23.5. The van der Waals surface area contributed by atoms with E-state index < -0.39 is 17.7 Å². The standard InChI is InChI=1S/C17H15ClFNO3.C7H12O2/c1-22-15-9-11(6-8-16(20)21)5-7-14(15)23-10-12-3-2-4-13(18)17(12)19;8-7(9)6-4-2-1-3-5-6/h2-9H,10H2,1H3,(H2,20,21);6H,1-5H2,(H,8,9)/b8-6+;. The summed E-state index contributed by atoms with van der Waals surface area (Å²) in [6.45, 7) is 0.0131. The number of halogens is 2. The van der Waals surface area contributed by atoms with Gasteiger partial charge in [-0.3, -0.25) is 9.59 Å². The third-order valence-corrected chi connectivity index (χ3v) is 5.29. The van der Waals surface area contributed by atoms with Crippen LogP contribution in [0.15, 0.2) is 42.5 Å². The molecule has 0 aliphatic heterocycles. The molecule has 3 N–H and O–H groups in total.